The number of fused-ring (bicyclic) bond motifs is 1. The maximum absolute atomic E-state index is 12.3. The van der Waals surface area contributed by atoms with Crippen molar-refractivity contribution >= 4 is 11.6 Å². The van der Waals surface area contributed by atoms with Crippen molar-refractivity contribution in [1.29, 1.82) is 0 Å². The summed E-state index contributed by atoms with van der Waals surface area (Å²) in [5.41, 5.74) is 1.40. The highest BCUT2D eigenvalue weighted by molar-refractivity contribution is 6.15. The molecular formula is C14H16O5. The summed E-state index contributed by atoms with van der Waals surface area (Å²) in [6.45, 7) is 0. The molecule has 102 valence electrons. The Balaban J connectivity index is 2.26. The van der Waals surface area contributed by atoms with Crippen molar-refractivity contribution in [3.05, 3.63) is 29.3 Å². The van der Waals surface area contributed by atoms with Gasteiger partial charge in [-0.05, 0) is 24.1 Å². The number of ether oxygens (including phenoxy) is 3. The lowest BCUT2D eigenvalue weighted by Crippen LogP contribution is -2.34. The van der Waals surface area contributed by atoms with Gasteiger partial charge in [0.15, 0.2) is 11.6 Å². The standard InChI is InChI=1S/C14H16O5/c1-17-9-5-4-8-6-11(12(15)10(8)7-9)13(16)14(18-2)19-3/h4-5,7,11,14H,6H2,1-3H3. The van der Waals surface area contributed by atoms with E-state index in [1.54, 1.807) is 12.1 Å². The Labute approximate surface area is 111 Å². The predicted octanol–water partition coefficient (Wildman–Crippen LogP) is 1.24. The Kier molecular flexibility index (Phi) is 3.97. The first-order chi connectivity index (χ1) is 9.12. The fourth-order valence-corrected chi connectivity index (χ4v) is 2.31. The van der Waals surface area contributed by atoms with E-state index < -0.39 is 12.2 Å². The summed E-state index contributed by atoms with van der Waals surface area (Å²) in [4.78, 5) is 24.4. The number of hydrogen-bond acceptors (Lipinski definition) is 5. The number of carbonyl (C=O) groups is 2. The number of ketones is 2. The fraction of sp³-hybridized carbons (Fsp3) is 0.429. The molecule has 1 aliphatic carbocycles. The smallest absolute Gasteiger partial charge is 0.218 e. The van der Waals surface area contributed by atoms with E-state index in [4.69, 9.17) is 14.2 Å². The second kappa shape index (κ2) is 5.50. The minimum absolute atomic E-state index is 0.196. The zero-order chi connectivity index (χ0) is 14.0. The summed E-state index contributed by atoms with van der Waals surface area (Å²) in [7, 11) is 4.29. The molecule has 0 fully saturated rings. The van der Waals surface area contributed by atoms with Gasteiger partial charge in [0.25, 0.3) is 0 Å². The van der Waals surface area contributed by atoms with Gasteiger partial charge in [-0.15, -0.1) is 0 Å². The Morgan fingerprint density at radius 2 is 1.95 bits per heavy atom. The highest BCUT2D eigenvalue weighted by atomic mass is 16.7. The molecule has 1 aromatic carbocycles. The number of rotatable bonds is 5. The van der Waals surface area contributed by atoms with Crippen LogP contribution in [0.15, 0.2) is 18.2 Å². The number of benzene rings is 1. The molecule has 19 heavy (non-hydrogen) atoms. The lowest BCUT2D eigenvalue weighted by Gasteiger charge is -2.15. The first kappa shape index (κ1) is 13.7. The summed E-state index contributed by atoms with van der Waals surface area (Å²) in [5, 5.41) is 0. The third kappa shape index (κ3) is 2.39. The van der Waals surface area contributed by atoms with Gasteiger partial charge in [0.1, 0.15) is 5.75 Å². The number of Topliss-reactive ketones (excluding diaryl/α,β-unsaturated/α-hetero) is 2. The zero-order valence-corrected chi connectivity index (χ0v) is 11.1. The van der Waals surface area contributed by atoms with Gasteiger partial charge in [-0.2, -0.15) is 0 Å². The molecule has 1 unspecified atom stereocenters. The molecule has 0 heterocycles. The van der Waals surface area contributed by atoms with E-state index >= 15 is 0 Å². The van der Waals surface area contributed by atoms with Crippen LogP contribution in [-0.2, 0) is 20.7 Å². The molecule has 0 saturated heterocycles. The first-order valence-corrected chi connectivity index (χ1v) is 5.92. The number of carbonyl (C=O) groups excluding carboxylic acids is 2. The zero-order valence-electron chi connectivity index (χ0n) is 11.1. The molecule has 0 saturated carbocycles. The van der Waals surface area contributed by atoms with E-state index in [1.165, 1.54) is 21.3 Å². The molecule has 0 amide bonds. The van der Waals surface area contributed by atoms with Crippen LogP contribution in [0.25, 0.3) is 0 Å². The molecule has 1 aliphatic rings. The average Bonchev–Trinajstić information content (AvgIpc) is 2.77. The van der Waals surface area contributed by atoms with Crippen LogP contribution in [0.2, 0.25) is 0 Å². The summed E-state index contributed by atoms with van der Waals surface area (Å²) in [6, 6.07) is 5.26. The van der Waals surface area contributed by atoms with Crippen LogP contribution in [0.1, 0.15) is 15.9 Å². The monoisotopic (exact) mass is 264 g/mol. The van der Waals surface area contributed by atoms with Gasteiger partial charge >= 0.3 is 0 Å². The van der Waals surface area contributed by atoms with Crippen LogP contribution < -0.4 is 4.74 Å². The van der Waals surface area contributed by atoms with Crippen LogP contribution in [0.5, 0.6) is 5.75 Å². The predicted molar refractivity (Wildman–Crippen MR) is 67.3 cm³/mol. The molecule has 0 bridgehead atoms. The van der Waals surface area contributed by atoms with E-state index in [1.807, 2.05) is 6.07 Å². The van der Waals surface area contributed by atoms with Gasteiger partial charge in [-0.25, -0.2) is 0 Å². The van der Waals surface area contributed by atoms with Crippen molar-refractivity contribution in [3.63, 3.8) is 0 Å². The van der Waals surface area contributed by atoms with Crippen LogP contribution in [0.3, 0.4) is 0 Å². The van der Waals surface area contributed by atoms with Gasteiger partial charge in [-0.1, -0.05) is 6.07 Å². The SMILES string of the molecule is COc1ccc2c(c1)C(=O)C(C(=O)C(OC)OC)C2. The molecular weight excluding hydrogens is 248 g/mol. The Bertz CT molecular complexity index is 505. The van der Waals surface area contributed by atoms with Crippen molar-refractivity contribution in [2.75, 3.05) is 21.3 Å². The van der Waals surface area contributed by atoms with Crippen LogP contribution >= 0.6 is 0 Å². The largest absolute Gasteiger partial charge is 0.497 e. The van der Waals surface area contributed by atoms with Gasteiger partial charge in [0.05, 0.1) is 13.0 Å². The molecule has 2 rings (SSSR count). The maximum atomic E-state index is 12.3. The minimum Gasteiger partial charge on any atom is -0.497 e. The van der Waals surface area contributed by atoms with Gasteiger partial charge in [0.2, 0.25) is 6.29 Å². The quantitative estimate of drug-likeness (QED) is 0.591. The molecule has 1 aromatic rings. The normalized spacial score (nSPS) is 17.7. The van der Waals surface area contributed by atoms with E-state index in [0.717, 1.165) is 5.56 Å². The number of hydrogen-bond donors (Lipinski definition) is 0. The maximum Gasteiger partial charge on any atom is 0.218 e. The van der Waals surface area contributed by atoms with Gasteiger partial charge in [0, 0.05) is 19.8 Å². The Morgan fingerprint density at radius 3 is 2.53 bits per heavy atom. The Morgan fingerprint density at radius 1 is 1.26 bits per heavy atom. The molecule has 0 N–H and O–H groups in total. The molecule has 0 radical (unpaired) electrons. The number of methoxy groups -OCH3 is 3. The van der Waals surface area contributed by atoms with E-state index in [9.17, 15) is 9.59 Å². The molecule has 1 atom stereocenters. The molecule has 0 aliphatic heterocycles. The summed E-state index contributed by atoms with van der Waals surface area (Å²) in [6.07, 6.45) is -0.606. The lowest BCUT2D eigenvalue weighted by atomic mass is 9.99. The third-order valence-electron chi connectivity index (χ3n) is 3.33. The molecule has 0 spiro atoms. The molecule has 0 aromatic heterocycles. The van der Waals surface area contributed by atoms with Crippen molar-refractivity contribution in [2.45, 2.75) is 12.7 Å². The second-order valence-electron chi connectivity index (χ2n) is 4.35. The summed E-state index contributed by atoms with van der Waals surface area (Å²) in [5.74, 6) is -0.662. The van der Waals surface area contributed by atoms with E-state index in [0.29, 0.717) is 17.7 Å². The molecule has 5 nitrogen and oxygen atoms in total. The van der Waals surface area contributed by atoms with Crippen LogP contribution in [0, 0.1) is 5.92 Å². The van der Waals surface area contributed by atoms with E-state index in [2.05, 4.69) is 0 Å². The Hall–Kier alpha value is -1.72. The minimum atomic E-state index is -0.995. The summed E-state index contributed by atoms with van der Waals surface area (Å²) >= 11 is 0. The van der Waals surface area contributed by atoms with Crippen molar-refractivity contribution in [3.8, 4) is 5.75 Å². The topological polar surface area (TPSA) is 61.8 Å². The average molecular weight is 264 g/mol. The highest BCUT2D eigenvalue weighted by Gasteiger charge is 2.39. The summed E-state index contributed by atoms with van der Waals surface area (Å²) < 4.78 is 14.9. The van der Waals surface area contributed by atoms with Gasteiger partial charge in [-0.3, -0.25) is 9.59 Å². The van der Waals surface area contributed by atoms with Crippen molar-refractivity contribution < 1.29 is 23.8 Å². The molecule has 5 heteroatoms. The lowest BCUT2D eigenvalue weighted by molar-refractivity contribution is -0.159. The highest BCUT2D eigenvalue weighted by Crippen LogP contribution is 2.31. The van der Waals surface area contributed by atoms with Crippen molar-refractivity contribution in [2.24, 2.45) is 5.92 Å². The van der Waals surface area contributed by atoms with Crippen LogP contribution in [0.4, 0.5) is 0 Å². The third-order valence-corrected chi connectivity index (χ3v) is 3.33. The van der Waals surface area contributed by atoms with Crippen LogP contribution in [-0.4, -0.2) is 39.2 Å². The second-order valence-corrected chi connectivity index (χ2v) is 4.35. The van der Waals surface area contributed by atoms with Gasteiger partial charge < -0.3 is 14.2 Å². The first-order valence-electron chi connectivity index (χ1n) is 5.92. The van der Waals surface area contributed by atoms with Crippen molar-refractivity contribution in [1.82, 2.24) is 0 Å². The fourth-order valence-electron chi connectivity index (χ4n) is 2.31. The van der Waals surface area contributed by atoms with E-state index in [-0.39, 0.29) is 11.6 Å².